The summed E-state index contributed by atoms with van der Waals surface area (Å²) < 4.78 is 5.79. The fourth-order valence-corrected chi connectivity index (χ4v) is 2.05. The van der Waals surface area contributed by atoms with Crippen LogP contribution in [-0.4, -0.2) is 48.8 Å². The highest BCUT2D eigenvalue weighted by Gasteiger charge is 2.23. The molecule has 0 aromatic rings. The quantitative estimate of drug-likeness (QED) is 0.795. The summed E-state index contributed by atoms with van der Waals surface area (Å²) in [5.74, 6) is 0. The highest BCUT2D eigenvalue weighted by molar-refractivity contribution is 4.82. The van der Waals surface area contributed by atoms with Crippen molar-refractivity contribution in [2.24, 2.45) is 0 Å². The van der Waals surface area contributed by atoms with Crippen LogP contribution < -0.4 is 5.32 Å². The van der Waals surface area contributed by atoms with Crippen LogP contribution in [0.5, 0.6) is 0 Å². The maximum absolute atomic E-state index is 5.79. The fraction of sp³-hybridized carbons (Fsp3) is 1.00. The van der Waals surface area contributed by atoms with Crippen LogP contribution in [0.3, 0.4) is 0 Å². The van der Waals surface area contributed by atoms with E-state index in [0.717, 1.165) is 26.2 Å². The van der Waals surface area contributed by atoms with Crippen LogP contribution in [0.2, 0.25) is 0 Å². The lowest BCUT2D eigenvalue weighted by Crippen LogP contribution is -2.55. The number of hydrogen-bond acceptors (Lipinski definition) is 3. The van der Waals surface area contributed by atoms with Crippen molar-refractivity contribution in [2.75, 3.05) is 26.2 Å². The first-order chi connectivity index (χ1) is 7.42. The van der Waals surface area contributed by atoms with Gasteiger partial charge in [0.25, 0.3) is 0 Å². The summed E-state index contributed by atoms with van der Waals surface area (Å²) in [6, 6.07) is 1.29. The molecule has 2 atom stereocenters. The second-order valence-electron chi connectivity index (χ2n) is 5.82. The summed E-state index contributed by atoms with van der Waals surface area (Å²) in [4.78, 5) is 2.54. The van der Waals surface area contributed by atoms with E-state index in [4.69, 9.17) is 4.74 Å². The molecule has 0 saturated carbocycles. The van der Waals surface area contributed by atoms with Gasteiger partial charge in [-0.25, -0.2) is 0 Å². The van der Waals surface area contributed by atoms with Crippen molar-refractivity contribution in [3.8, 4) is 0 Å². The van der Waals surface area contributed by atoms with E-state index in [0.29, 0.717) is 12.1 Å². The van der Waals surface area contributed by atoms with Crippen LogP contribution >= 0.6 is 0 Å². The smallest absolute Gasteiger partial charge is 0.0600 e. The zero-order valence-electron chi connectivity index (χ0n) is 11.5. The van der Waals surface area contributed by atoms with Gasteiger partial charge in [0.15, 0.2) is 0 Å². The largest absolute Gasteiger partial charge is 0.375 e. The van der Waals surface area contributed by atoms with Crippen LogP contribution in [0.15, 0.2) is 0 Å². The first kappa shape index (κ1) is 13.9. The van der Waals surface area contributed by atoms with Crippen LogP contribution in [-0.2, 0) is 4.74 Å². The van der Waals surface area contributed by atoms with Crippen molar-refractivity contribution in [1.29, 1.82) is 0 Å². The maximum atomic E-state index is 5.79. The number of hydrogen-bond donors (Lipinski definition) is 1. The summed E-state index contributed by atoms with van der Waals surface area (Å²) in [5, 5.41) is 3.57. The predicted octanol–water partition coefficient (Wildman–Crippen LogP) is 1.87. The molecule has 3 nitrogen and oxygen atoms in total. The summed E-state index contributed by atoms with van der Waals surface area (Å²) in [6.07, 6.45) is 1.21. The molecule has 1 N–H and O–H groups in total. The fourth-order valence-electron chi connectivity index (χ4n) is 2.05. The molecule has 0 radical (unpaired) electrons. The molecule has 0 spiro atoms. The lowest BCUT2D eigenvalue weighted by atomic mass is 10.1. The van der Waals surface area contributed by atoms with Crippen molar-refractivity contribution in [3.05, 3.63) is 0 Å². The molecule has 1 heterocycles. The Morgan fingerprint density at radius 2 is 2.06 bits per heavy atom. The molecule has 2 unspecified atom stereocenters. The Balaban J connectivity index is 2.28. The Bertz CT molecular complexity index is 201. The van der Waals surface area contributed by atoms with Crippen molar-refractivity contribution >= 4 is 0 Å². The lowest BCUT2D eigenvalue weighted by molar-refractivity contribution is -0.0210. The van der Waals surface area contributed by atoms with Crippen molar-refractivity contribution in [1.82, 2.24) is 10.2 Å². The monoisotopic (exact) mass is 228 g/mol. The average Bonchev–Trinajstić information content (AvgIpc) is 2.19. The summed E-state index contributed by atoms with van der Waals surface area (Å²) in [6.45, 7) is 15.0. The topological polar surface area (TPSA) is 24.5 Å². The normalized spacial score (nSPS) is 28.3. The number of rotatable bonds is 4. The van der Waals surface area contributed by atoms with Gasteiger partial charge in [0.05, 0.1) is 12.2 Å². The van der Waals surface area contributed by atoms with Gasteiger partial charge >= 0.3 is 0 Å². The Morgan fingerprint density at radius 3 is 2.62 bits per heavy atom. The Labute approximate surface area is 101 Å². The van der Waals surface area contributed by atoms with Crippen LogP contribution in [0.4, 0.5) is 0 Å². The van der Waals surface area contributed by atoms with E-state index < -0.39 is 0 Å². The minimum absolute atomic E-state index is 0.0125. The zero-order valence-corrected chi connectivity index (χ0v) is 11.5. The average molecular weight is 228 g/mol. The van der Waals surface area contributed by atoms with E-state index in [-0.39, 0.29) is 5.60 Å². The van der Waals surface area contributed by atoms with Gasteiger partial charge < -0.3 is 10.1 Å². The van der Waals surface area contributed by atoms with Crippen LogP contribution in [0.1, 0.15) is 41.0 Å². The third kappa shape index (κ3) is 4.81. The summed E-state index contributed by atoms with van der Waals surface area (Å²) in [5.41, 5.74) is -0.0125. The van der Waals surface area contributed by atoms with Crippen molar-refractivity contribution in [3.63, 3.8) is 0 Å². The van der Waals surface area contributed by atoms with E-state index in [2.05, 4.69) is 44.8 Å². The highest BCUT2D eigenvalue weighted by atomic mass is 16.5. The Kier molecular flexibility index (Phi) is 5.22. The zero-order chi connectivity index (χ0) is 12.2. The Morgan fingerprint density at radius 1 is 1.38 bits per heavy atom. The second kappa shape index (κ2) is 5.99. The third-order valence-corrected chi connectivity index (χ3v) is 3.19. The molecular weight excluding hydrogens is 200 g/mol. The van der Waals surface area contributed by atoms with Gasteiger partial charge in [-0.1, -0.05) is 6.92 Å². The first-order valence-electron chi connectivity index (χ1n) is 6.53. The molecule has 0 aromatic carbocycles. The Hall–Kier alpha value is -0.120. The lowest BCUT2D eigenvalue weighted by Gasteiger charge is -2.38. The van der Waals surface area contributed by atoms with E-state index in [1.54, 1.807) is 0 Å². The van der Waals surface area contributed by atoms with Gasteiger partial charge in [-0.2, -0.15) is 0 Å². The van der Waals surface area contributed by atoms with E-state index in [1.807, 2.05) is 0 Å². The molecule has 1 aliphatic rings. The molecule has 16 heavy (non-hydrogen) atoms. The number of ether oxygens (including phenoxy) is 1. The molecule has 96 valence electrons. The molecule has 0 aromatic heterocycles. The standard InChI is InChI=1S/C13H28N2O/c1-6-12-10-15(11(2)9-14-12)7-8-16-13(3,4)5/h11-12,14H,6-10H2,1-5H3. The number of nitrogens with one attached hydrogen (secondary N) is 1. The highest BCUT2D eigenvalue weighted by Crippen LogP contribution is 2.10. The van der Waals surface area contributed by atoms with E-state index >= 15 is 0 Å². The number of piperazine rings is 1. The minimum atomic E-state index is -0.0125. The van der Waals surface area contributed by atoms with Gasteiger partial charge in [0.2, 0.25) is 0 Å². The predicted molar refractivity (Wildman–Crippen MR) is 68.8 cm³/mol. The SMILES string of the molecule is CCC1CN(CCOC(C)(C)C)C(C)CN1. The molecular formula is C13H28N2O. The van der Waals surface area contributed by atoms with Crippen LogP contribution in [0, 0.1) is 0 Å². The maximum Gasteiger partial charge on any atom is 0.0600 e. The molecule has 0 aliphatic carbocycles. The molecule has 1 aliphatic heterocycles. The van der Waals surface area contributed by atoms with E-state index in [9.17, 15) is 0 Å². The van der Waals surface area contributed by atoms with Gasteiger partial charge in [0, 0.05) is 31.7 Å². The van der Waals surface area contributed by atoms with Crippen molar-refractivity contribution in [2.45, 2.75) is 58.7 Å². The molecule has 0 amide bonds. The van der Waals surface area contributed by atoms with Crippen molar-refractivity contribution < 1.29 is 4.74 Å². The molecule has 1 saturated heterocycles. The van der Waals surface area contributed by atoms with Gasteiger partial charge in [0.1, 0.15) is 0 Å². The molecule has 1 rings (SSSR count). The first-order valence-corrected chi connectivity index (χ1v) is 6.53. The van der Waals surface area contributed by atoms with E-state index in [1.165, 1.54) is 6.42 Å². The molecule has 3 heteroatoms. The van der Waals surface area contributed by atoms with Gasteiger partial charge in [-0.05, 0) is 34.1 Å². The second-order valence-corrected chi connectivity index (χ2v) is 5.82. The molecule has 0 bridgehead atoms. The minimum Gasteiger partial charge on any atom is -0.375 e. The van der Waals surface area contributed by atoms with Crippen LogP contribution in [0.25, 0.3) is 0 Å². The molecule has 1 fully saturated rings. The van der Waals surface area contributed by atoms with Gasteiger partial charge in [-0.15, -0.1) is 0 Å². The number of nitrogens with zero attached hydrogens (tertiary/aromatic N) is 1. The third-order valence-electron chi connectivity index (χ3n) is 3.19. The summed E-state index contributed by atoms with van der Waals surface area (Å²) in [7, 11) is 0. The summed E-state index contributed by atoms with van der Waals surface area (Å²) >= 11 is 0. The van der Waals surface area contributed by atoms with Gasteiger partial charge in [-0.3, -0.25) is 4.90 Å².